The molecule has 0 amide bonds. The van der Waals surface area contributed by atoms with Crippen LogP contribution in [-0.4, -0.2) is 18.0 Å². The summed E-state index contributed by atoms with van der Waals surface area (Å²) in [5.41, 5.74) is 2.54. The number of hydrogen-bond acceptors (Lipinski definition) is 4. The van der Waals surface area contributed by atoms with Crippen molar-refractivity contribution in [2.45, 2.75) is 19.5 Å². The predicted molar refractivity (Wildman–Crippen MR) is 71.7 cm³/mol. The van der Waals surface area contributed by atoms with Gasteiger partial charge in [0.2, 0.25) is 0 Å². The summed E-state index contributed by atoms with van der Waals surface area (Å²) < 4.78 is 28.7. The molecule has 3 nitrogen and oxygen atoms in total. The Morgan fingerprint density at radius 3 is 2.70 bits per heavy atom. The van der Waals surface area contributed by atoms with E-state index in [2.05, 4.69) is 11.1 Å². The Bertz CT molecular complexity index is 590. The maximum atomic E-state index is 11.9. The Morgan fingerprint density at radius 1 is 1.30 bits per heavy atom. The van der Waals surface area contributed by atoms with E-state index >= 15 is 0 Å². The highest BCUT2D eigenvalue weighted by Gasteiger charge is 2.06. The number of aromatic nitrogens is 1. The number of thiazole rings is 1. The molecule has 0 bridgehead atoms. The smallest absolute Gasteiger partial charge is 0.261 e. The highest BCUT2D eigenvalue weighted by atomic mass is 32.1. The van der Waals surface area contributed by atoms with Gasteiger partial charge >= 0.3 is 0 Å². The van der Waals surface area contributed by atoms with Gasteiger partial charge in [-0.3, -0.25) is 0 Å². The molecule has 0 fully saturated rings. The lowest BCUT2D eigenvalue weighted by atomic mass is 10.1. The van der Waals surface area contributed by atoms with Crippen molar-refractivity contribution in [2.24, 2.45) is 0 Å². The fourth-order valence-corrected chi connectivity index (χ4v) is 2.37. The number of benzene rings is 1. The van der Waals surface area contributed by atoms with Crippen LogP contribution in [0.25, 0.3) is 0 Å². The van der Waals surface area contributed by atoms with E-state index in [-0.39, 0.29) is 6.61 Å². The number of alkyl halides is 2. The number of hydrogen-bond donors (Lipinski definition) is 0. The topological polar surface area (TPSA) is 45.9 Å². The van der Waals surface area contributed by atoms with E-state index in [0.717, 1.165) is 11.3 Å². The lowest BCUT2D eigenvalue weighted by molar-refractivity contribution is 0.00981. The summed E-state index contributed by atoms with van der Waals surface area (Å²) in [4.78, 5) is 4.33. The first kappa shape index (κ1) is 14.6. The molecule has 0 saturated heterocycles. The summed E-state index contributed by atoms with van der Waals surface area (Å²) in [6.45, 7) is -0.451. The molecule has 0 radical (unpaired) electrons. The molecule has 0 N–H and O–H groups in total. The van der Waals surface area contributed by atoms with Gasteiger partial charge in [0.15, 0.2) is 0 Å². The molecule has 2 rings (SSSR count). The van der Waals surface area contributed by atoms with Crippen LogP contribution in [0.2, 0.25) is 0 Å². The number of nitriles is 1. The van der Waals surface area contributed by atoms with Gasteiger partial charge in [-0.1, -0.05) is 12.1 Å². The molecule has 1 aromatic carbocycles. The second-order valence-electron chi connectivity index (χ2n) is 4.12. The summed E-state index contributed by atoms with van der Waals surface area (Å²) in [6.07, 6.45) is -1.80. The third-order valence-electron chi connectivity index (χ3n) is 2.54. The average Bonchev–Trinajstić information content (AvgIpc) is 2.87. The lowest BCUT2D eigenvalue weighted by Gasteiger charge is -2.00. The predicted octanol–water partition coefficient (Wildman–Crippen LogP) is 3.39. The van der Waals surface area contributed by atoms with Gasteiger partial charge in [-0.25, -0.2) is 13.8 Å². The summed E-state index contributed by atoms with van der Waals surface area (Å²) in [6, 6.07) is 9.34. The first-order chi connectivity index (χ1) is 9.67. The van der Waals surface area contributed by atoms with E-state index in [1.165, 1.54) is 11.3 Å². The van der Waals surface area contributed by atoms with Crippen LogP contribution in [0.3, 0.4) is 0 Å². The van der Waals surface area contributed by atoms with E-state index in [0.29, 0.717) is 17.0 Å². The molecule has 0 saturated carbocycles. The van der Waals surface area contributed by atoms with Crippen molar-refractivity contribution in [1.29, 1.82) is 5.26 Å². The standard InChI is InChI=1S/C14H12F2N2OS/c15-13(16)7-19-8-14-18-12(9-20-14)5-10-1-3-11(6-17)4-2-10/h1-4,9,13H,5,7-8H2. The lowest BCUT2D eigenvalue weighted by Crippen LogP contribution is -2.04. The van der Waals surface area contributed by atoms with Gasteiger partial charge in [0.1, 0.15) is 11.6 Å². The zero-order valence-electron chi connectivity index (χ0n) is 10.6. The van der Waals surface area contributed by atoms with Gasteiger partial charge in [0.05, 0.1) is 23.9 Å². The second kappa shape index (κ2) is 7.08. The first-order valence-electron chi connectivity index (χ1n) is 5.95. The third kappa shape index (κ3) is 4.37. The normalized spacial score (nSPS) is 10.7. The Labute approximate surface area is 119 Å². The van der Waals surface area contributed by atoms with E-state index in [1.54, 1.807) is 12.1 Å². The molecular weight excluding hydrogens is 282 g/mol. The van der Waals surface area contributed by atoms with Crippen molar-refractivity contribution >= 4 is 11.3 Å². The summed E-state index contributed by atoms with van der Waals surface area (Å²) in [5, 5.41) is 11.3. The fraction of sp³-hybridized carbons (Fsp3) is 0.286. The molecular formula is C14H12F2N2OS. The van der Waals surface area contributed by atoms with Crippen LogP contribution in [-0.2, 0) is 17.8 Å². The van der Waals surface area contributed by atoms with Crippen LogP contribution >= 0.6 is 11.3 Å². The number of ether oxygens (including phenoxy) is 1. The van der Waals surface area contributed by atoms with Crippen molar-refractivity contribution in [3.8, 4) is 6.07 Å². The van der Waals surface area contributed by atoms with Crippen molar-refractivity contribution in [3.63, 3.8) is 0 Å². The van der Waals surface area contributed by atoms with E-state index in [9.17, 15) is 8.78 Å². The van der Waals surface area contributed by atoms with Crippen molar-refractivity contribution < 1.29 is 13.5 Å². The monoisotopic (exact) mass is 294 g/mol. The number of rotatable bonds is 6. The van der Waals surface area contributed by atoms with Crippen molar-refractivity contribution in [3.05, 3.63) is 51.5 Å². The molecule has 1 aromatic heterocycles. The highest BCUT2D eigenvalue weighted by molar-refractivity contribution is 7.09. The van der Waals surface area contributed by atoms with Crippen LogP contribution in [0.5, 0.6) is 0 Å². The molecule has 0 aliphatic heterocycles. The molecule has 104 valence electrons. The van der Waals surface area contributed by atoms with Gasteiger partial charge in [0.25, 0.3) is 6.43 Å². The third-order valence-corrected chi connectivity index (χ3v) is 3.41. The SMILES string of the molecule is N#Cc1ccc(Cc2csc(COCC(F)F)n2)cc1. The molecule has 1 heterocycles. The summed E-state index contributed by atoms with van der Waals surface area (Å²) in [7, 11) is 0. The molecule has 0 spiro atoms. The van der Waals surface area contributed by atoms with Crippen molar-refractivity contribution in [2.75, 3.05) is 6.61 Å². The molecule has 0 aliphatic rings. The van der Waals surface area contributed by atoms with Crippen molar-refractivity contribution in [1.82, 2.24) is 4.98 Å². The molecule has 0 aliphatic carbocycles. The summed E-state index contributed by atoms with van der Waals surface area (Å²) in [5.74, 6) is 0. The zero-order valence-corrected chi connectivity index (χ0v) is 11.4. The highest BCUT2D eigenvalue weighted by Crippen LogP contribution is 2.15. The Morgan fingerprint density at radius 2 is 2.05 bits per heavy atom. The van der Waals surface area contributed by atoms with E-state index in [1.807, 2.05) is 17.5 Å². The minimum atomic E-state index is -2.45. The molecule has 2 aromatic rings. The second-order valence-corrected chi connectivity index (χ2v) is 5.07. The Kier molecular flexibility index (Phi) is 5.16. The first-order valence-corrected chi connectivity index (χ1v) is 6.83. The zero-order chi connectivity index (χ0) is 14.4. The number of nitrogens with zero attached hydrogens (tertiary/aromatic N) is 2. The molecule has 6 heteroatoms. The van der Waals surface area contributed by atoms with Crippen LogP contribution in [0.1, 0.15) is 21.8 Å². The minimum absolute atomic E-state index is 0.113. The van der Waals surface area contributed by atoms with Crippen LogP contribution in [0.15, 0.2) is 29.6 Å². The van der Waals surface area contributed by atoms with Gasteiger partial charge in [-0.05, 0) is 17.7 Å². The number of halogens is 2. The largest absolute Gasteiger partial charge is 0.368 e. The van der Waals surface area contributed by atoms with Crippen LogP contribution in [0.4, 0.5) is 8.78 Å². The van der Waals surface area contributed by atoms with Gasteiger partial charge in [0, 0.05) is 11.8 Å². The van der Waals surface area contributed by atoms with Gasteiger partial charge in [-0.15, -0.1) is 11.3 Å². The Balaban J connectivity index is 1.90. The van der Waals surface area contributed by atoms with Gasteiger partial charge < -0.3 is 4.74 Å². The van der Waals surface area contributed by atoms with E-state index in [4.69, 9.17) is 10.00 Å². The fourth-order valence-electron chi connectivity index (χ4n) is 1.64. The maximum Gasteiger partial charge on any atom is 0.261 e. The Hall–Kier alpha value is -1.84. The molecule has 20 heavy (non-hydrogen) atoms. The molecule has 0 unspecified atom stereocenters. The minimum Gasteiger partial charge on any atom is -0.368 e. The maximum absolute atomic E-state index is 11.9. The van der Waals surface area contributed by atoms with E-state index < -0.39 is 13.0 Å². The average molecular weight is 294 g/mol. The molecule has 0 atom stereocenters. The summed E-state index contributed by atoms with van der Waals surface area (Å²) >= 11 is 1.39. The van der Waals surface area contributed by atoms with Crippen LogP contribution in [0, 0.1) is 11.3 Å². The van der Waals surface area contributed by atoms with Crippen LogP contribution < -0.4 is 0 Å². The van der Waals surface area contributed by atoms with Gasteiger partial charge in [-0.2, -0.15) is 5.26 Å². The quantitative estimate of drug-likeness (QED) is 0.820.